The van der Waals surface area contributed by atoms with Gasteiger partial charge in [-0.1, -0.05) is 200 Å². The summed E-state index contributed by atoms with van der Waals surface area (Å²) >= 11 is 0. The van der Waals surface area contributed by atoms with Gasteiger partial charge in [-0.05, 0) is 79.7 Å². The van der Waals surface area contributed by atoms with Gasteiger partial charge in [0.15, 0.2) is 0 Å². The Balaban J connectivity index is 1.20. The zero-order valence-corrected chi connectivity index (χ0v) is 29.3. The molecule has 0 fully saturated rings. The first-order valence-corrected chi connectivity index (χ1v) is 18.2. The monoisotopic (exact) mass is 675 g/mol. The van der Waals surface area contributed by atoms with Gasteiger partial charge < -0.3 is 4.90 Å². The zero-order chi connectivity index (χ0) is 35.4. The molecule has 9 rings (SSSR count). The number of rotatable bonds is 8. The van der Waals surface area contributed by atoms with Gasteiger partial charge in [-0.3, -0.25) is 0 Å². The van der Waals surface area contributed by atoms with E-state index in [2.05, 4.69) is 229 Å². The first kappa shape index (κ1) is 32.0. The second-order valence-corrected chi connectivity index (χ2v) is 13.3. The Morgan fingerprint density at radius 1 is 0.226 bits per heavy atom. The molecule has 0 aromatic heterocycles. The highest BCUT2D eigenvalue weighted by Crippen LogP contribution is 2.46. The van der Waals surface area contributed by atoms with Crippen LogP contribution in [0.2, 0.25) is 0 Å². The van der Waals surface area contributed by atoms with Crippen LogP contribution in [-0.4, -0.2) is 0 Å². The number of hydrogen-bond acceptors (Lipinski definition) is 1. The van der Waals surface area contributed by atoms with Crippen LogP contribution in [0, 0.1) is 0 Å². The molecule has 9 aromatic carbocycles. The first-order valence-electron chi connectivity index (χ1n) is 18.2. The molecule has 0 saturated carbocycles. The molecule has 250 valence electrons. The normalized spacial score (nSPS) is 11.0. The summed E-state index contributed by atoms with van der Waals surface area (Å²) in [7, 11) is 0. The molecule has 0 bridgehead atoms. The molecule has 0 aliphatic rings. The van der Waals surface area contributed by atoms with Gasteiger partial charge in [0.1, 0.15) is 0 Å². The molecule has 0 atom stereocenters. The van der Waals surface area contributed by atoms with Gasteiger partial charge in [0.2, 0.25) is 0 Å². The van der Waals surface area contributed by atoms with Crippen LogP contribution in [0.15, 0.2) is 224 Å². The van der Waals surface area contributed by atoms with Crippen LogP contribution < -0.4 is 4.90 Å². The van der Waals surface area contributed by atoms with Gasteiger partial charge in [-0.15, -0.1) is 0 Å². The molecule has 53 heavy (non-hydrogen) atoms. The Hall–Kier alpha value is -6.96. The number of para-hydroxylation sites is 1. The minimum atomic E-state index is 1.10. The second kappa shape index (κ2) is 14.3. The van der Waals surface area contributed by atoms with E-state index in [1.165, 1.54) is 60.8 Å². The van der Waals surface area contributed by atoms with E-state index in [9.17, 15) is 0 Å². The van der Waals surface area contributed by atoms with Crippen LogP contribution in [0.3, 0.4) is 0 Å². The van der Waals surface area contributed by atoms with Crippen molar-refractivity contribution in [2.45, 2.75) is 0 Å². The first-order chi connectivity index (χ1) is 26.3. The summed E-state index contributed by atoms with van der Waals surface area (Å²) in [6.45, 7) is 0. The summed E-state index contributed by atoms with van der Waals surface area (Å²) < 4.78 is 0. The van der Waals surface area contributed by atoms with E-state index in [4.69, 9.17) is 0 Å². The van der Waals surface area contributed by atoms with Crippen molar-refractivity contribution in [3.8, 4) is 55.6 Å². The molecule has 0 spiro atoms. The third-order valence-electron chi connectivity index (χ3n) is 10.1. The van der Waals surface area contributed by atoms with E-state index >= 15 is 0 Å². The fourth-order valence-corrected chi connectivity index (χ4v) is 7.54. The van der Waals surface area contributed by atoms with Crippen molar-refractivity contribution in [1.29, 1.82) is 0 Å². The lowest BCUT2D eigenvalue weighted by Gasteiger charge is -2.29. The summed E-state index contributed by atoms with van der Waals surface area (Å²) in [6, 6.07) is 80.8. The lowest BCUT2D eigenvalue weighted by atomic mass is 9.88. The SMILES string of the molecule is c1ccc(-c2ccc(-c3ccccc3-c3ccccc3-c3ccccc3N(c3ccc(-c4ccccc4)cc3)c3cccc4ccccc34)cc2)cc1. The molecule has 0 amide bonds. The summed E-state index contributed by atoms with van der Waals surface area (Å²) in [4.78, 5) is 2.43. The van der Waals surface area contributed by atoms with E-state index in [1.807, 2.05) is 0 Å². The van der Waals surface area contributed by atoms with Crippen molar-refractivity contribution < 1.29 is 0 Å². The molecule has 0 unspecified atom stereocenters. The number of benzene rings is 9. The van der Waals surface area contributed by atoms with Crippen molar-refractivity contribution in [3.05, 3.63) is 224 Å². The average Bonchev–Trinajstić information content (AvgIpc) is 3.25. The van der Waals surface area contributed by atoms with Crippen LogP contribution in [-0.2, 0) is 0 Å². The van der Waals surface area contributed by atoms with Crippen molar-refractivity contribution in [1.82, 2.24) is 0 Å². The molecular formula is C52H37N. The lowest BCUT2D eigenvalue weighted by Crippen LogP contribution is -2.12. The smallest absolute Gasteiger partial charge is 0.0540 e. The fraction of sp³-hybridized carbons (Fsp3) is 0. The fourth-order valence-electron chi connectivity index (χ4n) is 7.54. The molecule has 1 nitrogen and oxygen atoms in total. The molecule has 0 N–H and O–H groups in total. The molecule has 0 heterocycles. The maximum absolute atomic E-state index is 2.43. The van der Waals surface area contributed by atoms with Crippen LogP contribution in [0.1, 0.15) is 0 Å². The van der Waals surface area contributed by atoms with Gasteiger partial charge >= 0.3 is 0 Å². The van der Waals surface area contributed by atoms with E-state index in [0.717, 1.165) is 22.6 Å². The summed E-state index contributed by atoms with van der Waals surface area (Å²) in [5, 5.41) is 2.41. The summed E-state index contributed by atoms with van der Waals surface area (Å²) in [5.41, 5.74) is 15.3. The number of nitrogens with zero attached hydrogens (tertiary/aromatic N) is 1. The van der Waals surface area contributed by atoms with E-state index in [0.29, 0.717) is 0 Å². The minimum Gasteiger partial charge on any atom is -0.309 e. The van der Waals surface area contributed by atoms with Crippen LogP contribution in [0.5, 0.6) is 0 Å². The number of anilines is 3. The zero-order valence-electron chi connectivity index (χ0n) is 29.3. The second-order valence-electron chi connectivity index (χ2n) is 13.3. The predicted octanol–water partition coefficient (Wildman–Crippen LogP) is 14.6. The van der Waals surface area contributed by atoms with Gasteiger partial charge in [0, 0.05) is 16.6 Å². The predicted molar refractivity (Wildman–Crippen MR) is 226 cm³/mol. The van der Waals surface area contributed by atoms with Gasteiger partial charge in [-0.25, -0.2) is 0 Å². The van der Waals surface area contributed by atoms with E-state index < -0.39 is 0 Å². The number of fused-ring (bicyclic) bond motifs is 1. The highest BCUT2D eigenvalue weighted by atomic mass is 15.1. The third kappa shape index (κ3) is 6.30. The lowest BCUT2D eigenvalue weighted by molar-refractivity contribution is 1.30. The van der Waals surface area contributed by atoms with Gasteiger partial charge in [0.25, 0.3) is 0 Å². The third-order valence-corrected chi connectivity index (χ3v) is 10.1. The highest BCUT2D eigenvalue weighted by molar-refractivity contribution is 6.03. The summed E-state index contributed by atoms with van der Waals surface area (Å²) in [5.74, 6) is 0. The van der Waals surface area contributed by atoms with Crippen LogP contribution >= 0.6 is 0 Å². The van der Waals surface area contributed by atoms with Crippen molar-refractivity contribution >= 4 is 27.8 Å². The van der Waals surface area contributed by atoms with Gasteiger partial charge in [-0.2, -0.15) is 0 Å². The Morgan fingerprint density at radius 3 is 1.26 bits per heavy atom. The molecule has 0 saturated heterocycles. The maximum Gasteiger partial charge on any atom is 0.0540 e. The minimum absolute atomic E-state index is 1.10. The quantitative estimate of drug-likeness (QED) is 0.155. The molecular weight excluding hydrogens is 639 g/mol. The molecule has 0 radical (unpaired) electrons. The average molecular weight is 676 g/mol. The molecule has 1 heteroatoms. The van der Waals surface area contributed by atoms with Crippen LogP contribution in [0.4, 0.5) is 17.1 Å². The van der Waals surface area contributed by atoms with Crippen LogP contribution in [0.25, 0.3) is 66.4 Å². The van der Waals surface area contributed by atoms with E-state index in [1.54, 1.807) is 0 Å². The molecule has 0 aliphatic heterocycles. The van der Waals surface area contributed by atoms with E-state index in [-0.39, 0.29) is 0 Å². The Labute approximate surface area is 311 Å². The standard InChI is InChI=1S/C52H37N/c1-3-16-38(17-4-1)40-30-32-43(33-31-40)45-22-9-10-24-47(45)48-25-11-12-26-49(48)50-27-13-14-28-52(50)53(51-29-15-21-42-20-7-8-23-46(42)51)44-36-34-41(35-37-44)39-18-5-2-6-19-39/h1-37H. The van der Waals surface area contributed by atoms with Crippen molar-refractivity contribution in [2.24, 2.45) is 0 Å². The Kier molecular flexibility index (Phi) is 8.66. The van der Waals surface area contributed by atoms with Crippen molar-refractivity contribution in [2.75, 3.05) is 4.90 Å². The maximum atomic E-state index is 2.43. The molecule has 0 aliphatic carbocycles. The topological polar surface area (TPSA) is 3.24 Å². The summed E-state index contributed by atoms with van der Waals surface area (Å²) in [6.07, 6.45) is 0. The largest absolute Gasteiger partial charge is 0.309 e. The number of hydrogen-bond donors (Lipinski definition) is 0. The Bertz CT molecular complexity index is 2640. The van der Waals surface area contributed by atoms with Crippen molar-refractivity contribution in [3.63, 3.8) is 0 Å². The highest BCUT2D eigenvalue weighted by Gasteiger charge is 2.21. The van der Waals surface area contributed by atoms with Gasteiger partial charge in [0.05, 0.1) is 11.4 Å². The Morgan fingerprint density at radius 2 is 0.623 bits per heavy atom. The molecule has 9 aromatic rings.